The molecule has 0 aliphatic carbocycles. The molecule has 130 valence electrons. The van der Waals surface area contributed by atoms with Crippen LogP contribution in [0.15, 0.2) is 73.1 Å². The molecule has 0 aliphatic rings. The number of hydrogen-bond acceptors (Lipinski definition) is 2. The number of fused-ring (bicyclic) bond motifs is 1. The third kappa shape index (κ3) is 3.81. The summed E-state index contributed by atoms with van der Waals surface area (Å²) in [4.78, 5) is 7.40. The maximum Gasteiger partial charge on any atom is 0.123 e. The van der Waals surface area contributed by atoms with Gasteiger partial charge in [0.05, 0.1) is 17.4 Å². The lowest BCUT2D eigenvalue weighted by molar-refractivity contribution is 0.626. The molecule has 4 heteroatoms. The van der Waals surface area contributed by atoms with Gasteiger partial charge in [-0.3, -0.25) is 0 Å². The summed E-state index contributed by atoms with van der Waals surface area (Å²) in [6, 6.07) is 21.5. The molecule has 0 saturated carbocycles. The maximum atomic E-state index is 12.9. The van der Waals surface area contributed by atoms with Crippen LogP contribution in [-0.2, 0) is 13.0 Å². The first-order valence-corrected chi connectivity index (χ1v) is 8.75. The Labute approximate surface area is 151 Å². The summed E-state index contributed by atoms with van der Waals surface area (Å²) in [6.07, 6.45) is 2.61. The average Bonchev–Trinajstić information content (AvgIpc) is 3.15. The van der Waals surface area contributed by atoms with Gasteiger partial charge < -0.3 is 10.3 Å². The minimum absolute atomic E-state index is 0.187. The zero-order chi connectivity index (χ0) is 17.8. The van der Waals surface area contributed by atoms with E-state index in [0.717, 1.165) is 36.1 Å². The topological polar surface area (TPSA) is 40.7 Å². The predicted octanol–water partition coefficient (Wildman–Crippen LogP) is 4.70. The van der Waals surface area contributed by atoms with Gasteiger partial charge in [-0.2, -0.15) is 0 Å². The highest BCUT2D eigenvalue weighted by molar-refractivity contribution is 5.81. The highest BCUT2D eigenvalue weighted by atomic mass is 19.1. The number of nitrogens with zero attached hydrogens (tertiary/aromatic N) is 1. The van der Waals surface area contributed by atoms with Crippen molar-refractivity contribution in [2.24, 2.45) is 0 Å². The Bertz CT molecular complexity index is 988. The van der Waals surface area contributed by atoms with Crippen LogP contribution in [-0.4, -0.2) is 16.5 Å². The van der Waals surface area contributed by atoms with Gasteiger partial charge in [0.1, 0.15) is 5.82 Å². The van der Waals surface area contributed by atoms with Crippen molar-refractivity contribution in [1.82, 2.24) is 15.3 Å². The number of aromatic amines is 1. The Kier molecular flexibility index (Phi) is 4.75. The Balaban J connectivity index is 1.33. The van der Waals surface area contributed by atoms with Gasteiger partial charge >= 0.3 is 0 Å². The van der Waals surface area contributed by atoms with Crippen molar-refractivity contribution in [2.45, 2.75) is 13.0 Å². The molecule has 0 atom stereocenters. The van der Waals surface area contributed by atoms with Crippen LogP contribution < -0.4 is 5.32 Å². The Morgan fingerprint density at radius 3 is 2.38 bits per heavy atom. The molecule has 0 unspecified atom stereocenters. The standard InChI is InChI=1S/C22H20FN3/c23-20-8-3-16(4-9-20)11-12-24-14-17-1-5-18(6-2-17)19-7-10-21-22(13-19)26-15-25-21/h1-10,13,15,24H,11-12,14H2,(H,25,26). The van der Waals surface area contributed by atoms with Crippen LogP contribution in [0.3, 0.4) is 0 Å². The molecule has 0 amide bonds. The molecule has 26 heavy (non-hydrogen) atoms. The molecule has 3 aromatic carbocycles. The highest BCUT2D eigenvalue weighted by Crippen LogP contribution is 2.23. The first-order chi connectivity index (χ1) is 12.8. The lowest BCUT2D eigenvalue weighted by Crippen LogP contribution is -2.16. The summed E-state index contributed by atoms with van der Waals surface area (Å²) in [5, 5.41) is 3.44. The number of halogens is 1. The molecule has 0 spiro atoms. The van der Waals surface area contributed by atoms with Crippen molar-refractivity contribution in [3.05, 3.63) is 90.0 Å². The molecule has 4 rings (SSSR count). The molecule has 0 bridgehead atoms. The smallest absolute Gasteiger partial charge is 0.123 e. The number of benzene rings is 3. The van der Waals surface area contributed by atoms with E-state index in [1.807, 2.05) is 18.2 Å². The van der Waals surface area contributed by atoms with Crippen molar-refractivity contribution < 1.29 is 4.39 Å². The maximum absolute atomic E-state index is 12.9. The fourth-order valence-electron chi connectivity index (χ4n) is 3.05. The second-order valence-corrected chi connectivity index (χ2v) is 6.38. The van der Waals surface area contributed by atoms with Gasteiger partial charge in [0.25, 0.3) is 0 Å². The van der Waals surface area contributed by atoms with Crippen LogP contribution in [0.2, 0.25) is 0 Å². The van der Waals surface area contributed by atoms with Gasteiger partial charge in [-0.15, -0.1) is 0 Å². The first-order valence-electron chi connectivity index (χ1n) is 8.75. The third-order valence-electron chi connectivity index (χ3n) is 4.54. The minimum Gasteiger partial charge on any atom is -0.345 e. The van der Waals surface area contributed by atoms with Crippen molar-refractivity contribution in [3.8, 4) is 11.1 Å². The normalized spacial score (nSPS) is 11.1. The van der Waals surface area contributed by atoms with E-state index in [4.69, 9.17) is 0 Å². The average molecular weight is 345 g/mol. The van der Waals surface area contributed by atoms with Crippen molar-refractivity contribution >= 4 is 11.0 Å². The molecular weight excluding hydrogens is 325 g/mol. The second-order valence-electron chi connectivity index (χ2n) is 6.38. The van der Waals surface area contributed by atoms with Crippen LogP contribution in [0.25, 0.3) is 22.2 Å². The number of hydrogen-bond donors (Lipinski definition) is 2. The molecular formula is C22H20FN3. The fraction of sp³-hybridized carbons (Fsp3) is 0.136. The monoisotopic (exact) mass is 345 g/mol. The summed E-state index contributed by atoms with van der Waals surface area (Å²) in [6.45, 7) is 1.69. The van der Waals surface area contributed by atoms with Crippen LogP contribution in [0.5, 0.6) is 0 Å². The van der Waals surface area contributed by atoms with Crippen LogP contribution in [0, 0.1) is 5.82 Å². The summed E-state index contributed by atoms with van der Waals surface area (Å²) in [5.41, 5.74) is 6.79. The van der Waals surface area contributed by atoms with Gasteiger partial charge in [-0.1, -0.05) is 42.5 Å². The quantitative estimate of drug-likeness (QED) is 0.497. The predicted molar refractivity (Wildman–Crippen MR) is 103 cm³/mol. The summed E-state index contributed by atoms with van der Waals surface area (Å²) in [7, 11) is 0. The molecule has 4 aromatic rings. The second kappa shape index (κ2) is 7.50. The van der Waals surface area contributed by atoms with Crippen LogP contribution in [0.1, 0.15) is 11.1 Å². The van der Waals surface area contributed by atoms with E-state index in [9.17, 15) is 4.39 Å². The largest absolute Gasteiger partial charge is 0.345 e. The Morgan fingerprint density at radius 2 is 1.58 bits per heavy atom. The van der Waals surface area contributed by atoms with E-state index >= 15 is 0 Å². The first kappa shape index (κ1) is 16.5. The number of rotatable bonds is 6. The van der Waals surface area contributed by atoms with Crippen molar-refractivity contribution in [3.63, 3.8) is 0 Å². The van der Waals surface area contributed by atoms with E-state index in [0.29, 0.717) is 0 Å². The van der Waals surface area contributed by atoms with E-state index in [-0.39, 0.29) is 5.82 Å². The van der Waals surface area contributed by atoms with Gasteiger partial charge in [0.15, 0.2) is 0 Å². The number of imidazole rings is 1. The van der Waals surface area contributed by atoms with Crippen molar-refractivity contribution in [1.29, 1.82) is 0 Å². The number of nitrogens with one attached hydrogen (secondary N) is 2. The molecule has 0 saturated heterocycles. The fourth-order valence-corrected chi connectivity index (χ4v) is 3.05. The molecule has 0 aliphatic heterocycles. The summed E-state index contributed by atoms with van der Waals surface area (Å²) in [5.74, 6) is -0.187. The molecule has 1 aromatic heterocycles. The van der Waals surface area contributed by atoms with E-state index in [1.54, 1.807) is 6.33 Å². The lowest BCUT2D eigenvalue weighted by Gasteiger charge is -2.07. The van der Waals surface area contributed by atoms with Gasteiger partial charge in [0, 0.05) is 6.54 Å². The number of H-pyrrole nitrogens is 1. The lowest BCUT2D eigenvalue weighted by atomic mass is 10.0. The summed E-state index contributed by atoms with van der Waals surface area (Å²) >= 11 is 0. The Hall–Kier alpha value is -2.98. The van der Waals surface area contributed by atoms with E-state index in [1.165, 1.54) is 28.8 Å². The molecule has 3 nitrogen and oxygen atoms in total. The van der Waals surface area contributed by atoms with Gasteiger partial charge in [0.2, 0.25) is 0 Å². The van der Waals surface area contributed by atoms with E-state index in [2.05, 4.69) is 51.7 Å². The summed E-state index contributed by atoms with van der Waals surface area (Å²) < 4.78 is 12.9. The molecule has 2 N–H and O–H groups in total. The minimum atomic E-state index is -0.187. The molecule has 0 radical (unpaired) electrons. The zero-order valence-corrected chi connectivity index (χ0v) is 14.4. The zero-order valence-electron chi connectivity index (χ0n) is 14.4. The molecule has 0 fully saturated rings. The van der Waals surface area contributed by atoms with E-state index < -0.39 is 0 Å². The van der Waals surface area contributed by atoms with Gasteiger partial charge in [-0.25, -0.2) is 9.37 Å². The highest BCUT2D eigenvalue weighted by Gasteiger charge is 2.02. The Morgan fingerprint density at radius 1 is 0.846 bits per heavy atom. The SMILES string of the molecule is Fc1ccc(CCNCc2ccc(-c3ccc4nc[nH]c4c3)cc2)cc1. The van der Waals surface area contributed by atoms with Crippen LogP contribution in [0.4, 0.5) is 4.39 Å². The van der Waals surface area contributed by atoms with Crippen LogP contribution >= 0.6 is 0 Å². The van der Waals surface area contributed by atoms with Gasteiger partial charge in [-0.05, 0) is 59.5 Å². The third-order valence-corrected chi connectivity index (χ3v) is 4.54. The number of aromatic nitrogens is 2. The molecule has 1 heterocycles. The van der Waals surface area contributed by atoms with Crippen molar-refractivity contribution in [2.75, 3.05) is 6.54 Å².